The molecule has 10 aromatic rings. The summed E-state index contributed by atoms with van der Waals surface area (Å²) in [6.07, 6.45) is 17.8. The van der Waals surface area contributed by atoms with Gasteiger partial charge >= 0.3 is 0 Å². The van der Waals surface area contributed by atoms with Crippen molar-refractivity contribution in [3.8, 4) is 57.1 Å². The van der Waals surface area contributed by atoms with Gasteiger partial charge in [-0.15, -0.1) is 47.8 Å². The van der Waals surface area contributed by atoms with E-state index < -0.39 is 0 Å². The smallest absolute Gasteiger partial charge is 0.268 e. The Hall–Kier alpha value is -6.86. The van der Waals surface area contributed by atoms with Crippen LogP contribution in [-0.4, -0.2) is 41.3 Å². The van der Waals surface area contributed by atoms with E-state index >= 15 is 0 Å². The van der Waals surface area contributed by atoms with E-state index in [1.165, 1.54) is 49.9 Å². The molecular formula is C66H62N8O2Pt2-4. The largest absolute Gasteiger partial charge is 0.511 e. The Morgan fingerprint density at radius 3 is 1.13 bits per heavy atom. The second kappa shape index (κ2) is 21.4. The van der Waals surface area contributed by atoms with Gasteiger partial charge in [-0.2, -0.15) is 36.4 Å². The average Bonchev–Trinajstić information content (AvgIpc) is 4.18. The molecule has 12 rings (SSSR count). The summed E-state index contributed by atoms with van der Waals surface area (Å²) < 4.78 is 21.1. The van der Waals surface area contributed by atoms with E-state index in [2.05, 4.69) is 206 Å². The molecule has 6 heterocycles. The first-order valence-electron chi connectivity index (χ1n) is 26.5. The van der Waals surface area contributed by atoms with Gasteiger partial charge in [-0.3, -0.25) is 9.13 Å². The Morgan fingerprint density at radius 1 is 0.397 bits per heavy atom. The van der Waals surface area contributed by atoms with Crippen LogP contribution in [0.2, 0.25) is 0 Å². The molecule has 10 nitrogen and oxygen atoms in total. The Bertz CT molecular complexity index is 3490. The van der Waals surface area contributed by atoms with Crippen LogP contribution in [0.3, 0.4) is 0 Å². The van der Waals surface area contributed by atoms with Gasteiger partial charge in [-0.25, -0.2) is 0 Å². The van der Waals surface area contributed by atoms with Crippen molar-refractivity contribution in [3.63, 3.8) is 0 Å². The van der Waals surface area contributed by atoms with Gasteiger partial charge in [0.1, 0.15) is 0 Å². The summed E-state index contributed by atoms with van der Waals surface area (Å²) in [5.41, 5.74) is 11.3. The number of para-hydroxylation sites is 4. The maximum atomic E-state index is 6.42. The van der Waals surface area contributed by atoms with E-state index in [9.17, 15) is 0 Å². The van der Waals surface area contributed by atoms with Gasteiger partial charge in [0.05, 0.1) is 33.4 Å². The van der Waals surface area contributed by atoms with Gasteiger partial charge in [0.15, 0.2) is 0 Å². The van der Waals surface area contributed by atoms with Crippen LogP contribution in [0, 0.1) is 36.9 Å². The first kappa shape index (κ1) is 54.5. The minimum absolute atomic E-state index is 0. The maximum absolute atomic E-state index is 6.42. The molecule has 2 aliphatic heterocycles. The summed E-state index contributed by atoms with van der Waals surface area (Å²) in [4.78, 5) is 14.4. The number of anilines is 2. The molecule has 12 heteroatoms. The third-order valence-electron chi connectivity index (χ3n) is 15.4. The molecule has 0 atom stereocenters. The number of fused-ring (bicyclic) bond motifs is 2. The molecule has 0 saturated carbocycles. The molecule has 0 unspecified atom stereocenters. The van der Waals surface area contributed by atoms with Gasteiger partial charge in [-0.1, -0.05) is 48.5 Å². The quantitative estimate of drug-likeness (QED) is 0.0949. The van der Waals surface area contributed by atoms with Crippen LogP contribution in [0.5, 0.6) is 23.0 Å². The van der Waals surface area contributed by atoms with Crippen LogP contribution in [0.15, 0.2) is 158 Å². The standard InChI is InChI=1S/C66H62N8O2.2Pt/c1-63(2)35-15-36-64(3,4)73(63)49-29-25-47(26-30-49)69-45-71(61-23-11-9-21-59(61)69)51-17-13-19-53(41-51)75-55-33-39-67-57(43-55)58-44-56(34-40-68-58)76-54-20-14-18-52(42-54)72-46-70(60-22-10-12-24-62(60)72)48-27-31-50(32-28-48)74-65(5,6)37-16-38-66(74,7)8;;/h9-14,17-34,39-40H,15-16,35-38H2,1-8H3;;/q-4;;. The number of pyridine rings is 2. The fourth-order valence-corrected chi connectivity index (χ4v) is 12.3. The molecule has 0 N–H and O–H groups in total. The molecule has 2 aliphatic rings. The average molecular weight is 1390 g/mol. The molecule has 0 spiro atoms. The minimum Gasteiger partial charge on any atom is -0.511 e. The summed E-state index contributed by atoms with van der Waals surface area (Å²) in [7, 11) is 0. The van der Waals surface area contributed by atoms with Crippen LogP contribution in [-0.2, 0) is 42.1 Å². The third kappa shape index (κ3) is 10.5. The normalized spacial score (nSPS) is 16.3. The molecule has 2 saturated heterocycles. The van der Waals surface area contributed by atoms with E-state index in [-0.39, 0.29) is 64.3 Å². The zero-order valence-corrected chi connectivity index (χ0v) is 49.8. The number of ether oxygens (including phenoxy) is 2. The van der Waals surface area contributed by atoms with Crippen molar-refractivity contribution in [1.82, 2.24) is 19.1 Å². The fraction of sp³-hybridized carbons (Fsp3) is 0.273. The number of hydrogen-bond donors (Lipinski definition) is 0. The summed E-state index contributed by atoms with van der Waals surface area (Å²) in [6, 6.07) is 63.2. The summed E-state index contributed by atoms with van der Waals surface area (Å²) in [5.74, 6) is 1.94. The van der Waals surface area contributed by atoms with E-state index in [1.807, 2.05) is 57.7 Å². The van der Waals surface area contributed by atoms with E-state index in [0.717, 1.165) is 44.8 Å². The van der Waals surface area contributed by atoms with Crippen LogP contribution < -0.4 is 28.4 Å². The number of imidazole rings is 2. The van der Waals surface area contributed by atoms with Crippen LogP contribution in [0.25, 0.3) is 56.2 Å². The van der Waals surface area contributed by atoms with Crippen molar-refractivity contribution in [1.29, 1.82) is 0 Å². The molecule has 0 aliphatic carbocycles. The van der Waals surface area contributed by atoms with E-state index in [1.54, 1.807) is 24.5 Å². The van der Waals surface area contributed by atoms with Crippen molar-refractivity contribution in [2.24, 2.45) is 0 Å². The predicted octanol–water partition coefficient (Wildman–Crippen LogP) is 14.1. The van der Waals surface area contributed by atoms with Crippen LogP contribution in [0.1, 0.15) is 93.9 Å². The van der Waals surface area contributed by atoms with Crippen molar-refractivity contribution in [2.75, 3.05) is 9.80 Å². The summed E-state index contributed by atoms with van der Waals surface area (Å²) in [6.45, 7) is 18.9. The molecule has 6 aromatic carbocycles. The first-order chi connectivity index (χ1) is 36.6. The SMILES string of the molecule is CC1(C)CCCC(C)(C)N1c1ccc(-n2[c-][n+](-c3[c-]c(Oc4[c-]c(-c5[c-]c(Oc6[c-]c(-[n+]7[c-]n(-c8ccc(N9C(C)(C)CCCC9(C)C)cc8)c8ccccc87)ccc6)ccn5)ncc4)ccc3)c3ccccc32)cc1.[Pt].[Pt]. The first-order valence-corrected chi connectivity index (χ1v) is 26.5. The fourth-order valence-electron chi connectivity index (χ4n) is 12.3. The third-order valence-corrected chi connectivity index (χ3v) is 15.4. The number of nitrogens with zero attached hydrogens (tertiary/aromatic N) is 8. The molecule has 0 bridgehead atoms. The number of piperidine rings is 2. The van der Waals surface area contributed by atoms with Gasteiger partial charge in [0, 0.05) is 98.7 Å². The van der Waals surface area contributed by atoms with Crippen molar-refractivity contribution >= 4 is 33.4 Å². The number of hydrogen-bond acceptors (Lipinski definition) is 6. The minimum atomic E-state index is 0. The van der Waals surface area contributed by atoms with Crippen LogP contribution in [0.4, 0.5) is 11.4 Å². The zero-order valence-electron chi connectivity index (χ0n) is 45.3. The number of rotatable bonds is 11. The van der Waals surface area contributed by atoms with Crippen LogP contribution >= 0.6 is 0 Å². The van der Waals surface area contributed by atoms with Crippen molar-refractivity contribution in [3.05, 3.63) is 195 Å². The molecular weight excluding hydrogens is 1330 g/mol. The summed E-state index contributed by atoms with van der Waals surface area (Å²) >= 11 is 0. The second-order valence-electron chi connectivity index (χ2n) is 22.7. The Morgan fingerprint density at radius 2 is 0.744 bits per heavy atom. The summed E-state index contributed by atoms with van der Waals surface area (Å²) in [5, 5.41) is 0. The van der Waals surface area contributed by atoms with Crippen molar-refractivity contribution in [2.45, 2.75) is 116 Å². The van der Waals surface area contributed by atoms with Gasteiger partial charge in [0.2, 0.25) is 0 Å². The predicted molar refractivity (Wildman–Crippen MR) is 299 cm³/mol. The molecule has 4 aromatic heterocycles. The zero-order chi connectivity index (χ0) is 52.4. The van der Waals surface area contributed by atoms with Crippen molar-refractivity contribution < 1.29 is 60.7 Å². The molecule has 2 fully saturated rings. The second-order valence-corrected chi connectivity index (χ2v) is 22.7. The maximum Gasteiger partial charge on any atom is 0.268 e. The topological polar surface area (TPSA) is 68.3 Å². The number of benzene rings is 6. The van der Waals surface area contributed by atoms with Gasteiger partial charge in [0.25, 0.3) is 12.7 Å². The Labute approximate surface area is 487 Å². The molecule has 0 amide bonds. The number of aromatic nitrogens is 6. The Kier molecular flexibility index (Phi) is 15.0. The monoisotopic (exact) mass is 1390 g/mol. The van der Waals surface area contributed by atoms with Gasteiger partial charge < -0.3 is 38.4 Å². The molecule has 0 radical (unpaired) electrons. The van der Waals surface area contributed by atoms with Gasteiger partial charge in [-0.05, 0) is 166 Å². The molecule has 78 heavy (non-hydrogen) atoms. The Balaban J connectivity index is 0.00000344. The molecule has 402 valence electrons. The van der Waals surface area contributed by atoms with E-state index in [4.69, 9.17) is 9.47 Å². The van der Waals surface area contributed by atoms with E-state index in [0.29, 0.717) is 34.4 Å².